The molecule has 0 aromatic carbocycles. The van der Waals surface area contributed by atoms with E-state index in [2.05, 4.69) is 20.6 Å². The second-order valence-corrected chi connectivity index (χ2v) is 5.49. The number of pyridine rings is 1. The molecular weight excluding hydrogens is 292 g/mol. The second kappa shape index (κ2) is 5.49. The fourth-order valence-electron chi connectivity index (χ4n) is 1.84. The fourth-order valence-corrected chi connectivity index (χ4v) is 2.62. The molecule has 0 bridgehead atoms. The Kier molecular flexibility index (Phi) is 3.53. The number of nitrogens with one attached hydrogen (secondary N) is 2. The SMILES string of the molecule is O=C(Nc1nc(C2CC2)cs1)Nc1cccnc1C(=O)O. The zero-order valence-corrected chi connectivity index (χ0v) is 11.7. The number of carbonyl (C=O) groups is 2. The van der Waals surface area contributed by atoms with E-state index in [0.717, 1.165) is 18.5 Å². The van der Waals surface area contributed by atoms with Gasteiger partial charge in [-0.2, -0.15) is 0 Å². The van der Waals surface area contributed by atoms with E-state index in [0.29, 0.717) is 11.0 Å². The molecule has 2 aromatic rings. The predicted octanol–water partition coefficient (Wildman–Crippen LogP) is 2.76. The summed E-state index contributed by atoms with van der Waals surface area (Å²) in [6.45, 7) is 0. The average molecular weight is 304 g/mol. The summed E-state index contributed by atoms with van der Waals surface area (Å²) in [5.74, 6) is -0.673. The van der Waals surface area contributed by atoms with Gasteiger partial charge in [0, 0.05) is 17.5 Å². The first-order valence-electron chi connectivity index (χ1n) is 6.35. The Balaban J connectivity index is 1.67. The quantitative estimate of drug-likeness (QED) is 0.805. The molecule has 3 N–H and O–H groups in total. The average Bonchev–Trinajstić information content (AvgIpc) is 3.20. The minimum absolute atomic E-state index is 0.140. The molecule has 8 heteroatoms. The van der Waals surface area contributed by atoms with E-state index in [1.165, 1.54) is 23.6 Å². The number of amides is 2. The third kappa shape index (κ3) is 3.16. The standard InChI is InChI=1S/C13H12N4O3S/c18-11(19)10-8(2-1-5-14-10)15-12(20)17-13-16-9(6-21-13)7-3-4-7/h1-2,5-7H,3-4H2,(H,18,19)(H2,15,16,17,20). The summed E-state index contributed by atoms with van der Waals surface area (Å²) >= 11 is 1.35. The highest BCUT2D eigenvalue weighted by Crippen LogP contribution is 2.40. The van der Waals surface area contributed by atoms with Gasteiger partial charge in [-0.1, -0.05) is 0 Å². The number of aromatic nitrogens is 2. The van der Waals surface area contributed by atoms with E-state index in [9.17, 15) is 9.59 Å². The molecule has 0 aliphatic heterocycles. The number of rotatable bonds is 4. The van der Waals surface area contributed by atoms with Crippen LogP contribution in [0.1, 0.15) is 34.9 Å². The molecule has 1 aliphatic carbocycles. The Labute approximate surface area is 124 Å². The smallest absolute Gasteiger partial charge is 0.356 e. The van der Waals surface area contributed by atoms with Crippen LogP contribution in [0.2, 0.25) is 0 Å². The van der Waals surface area contributed by atoms with Gasteiger partial charge in [0.05, 0.1) is 11.4 Å². The van der Waals surface area contributed by atoms with Gasteiger partial charge >= 0.3 is 12.0 Å². The van der Waals surface area contributed by atoms with Gasteiger partial charge in [-0.15, -0.1) is 11.3 Å². The molecule has 2 aromatic heterocycles. The zero-order chi connectivity index (χ0) is 14.8. The summed E-state index contributed by atoms with van der Waals surface area (Å²) in [4.78, 5) is 30.9. The third-order valence-electron chi connectivity index (χ3n) is 3.00. The van der Waals surface area contributed by atoms with Crippen molar-refractivity contribution in [3.05, 3.63) is 35.1 Å². The van der Waals surface area contributed by atoms with Crippen molar-refractivity contribution in [3.8, 4) is 0 Å². The van der Waals surface area contributed by atoms with E-state index < -0.39 is 12.0 Å². The first kappa shape index (κ1) is 13.5. The zero-order valence-electron chi connectivity index (χ0n) is 10.9. The molecule has 2 amide bonds. The lowest BCUT2D eigenvalue weighted by atomic mass is 10.3. The molecule has 0 unspecified atom stereocenters. The van der Waals surface area contributed by atoms with E-state index in [1.807, 2.05) is 5.38 Å². The van der Waals surface area contributed by atoms with Crippen LogP contribution < -0.4 is 10.6 Å². The van der Waals surface area contributed by atoms with Crippen LogP contribution in [-0.2, 0) is 0 Å². The number of carboxylic acid groups (broad SMARTS) is 1. The Bertz CT molecular complexity index is 696. The molecule has 21 heavy (non-hydrogen) atoms. The van der Waals surface area contributed by atoms with E-state index in [-0.39, 0.29) is 11.4 Å². The monoisotopic (exact) mass is 304 g/mol. The Morgan fingerprint density at radius 3 is 2.86 bits per heavy atom. The number of aromatic carboxylic acids is 1. The molecule has 108 valence electrons. The van der Waals surface area contributed by atoms with Gasteiger partial charge in [-0.05, 0) is 25.0 Å². The summed E-state index contributed by atoms with van der Waals surface area (Å²) in [5, 5.41) is 16.5. The van der Waals surface area contributed by atoms with Crippen LogP contribution in [0.25, 0.3) is 0 Å². The maximum Gasteiger partial charge on any atom is 0.356 e. The van der Waals surface area contributed by atoms with Gasteiger partial charge in [-0.3, -0.25) is 5.32 Å². The van der Waals surface area contributed by atoms with Gasteiger partial charge in [0.15, 0.2) is 10.8 Å². The van der Waals surface area contributed by atoms with Gasteiger partial charge in [0.1, 0.15) is 0 Å². The minimum atomic E-state index is -1.20. The summed E-state index contributed by atoms with van der Waals surface area (Å²) in [5.41, 5.74) is 0.940. The molecular formula is C13H12N4O3S. The van der Waals surface area contributed by atoms with Crippen LogP contribution in [-0.4, -0.2) is 27.1 Å². The summed E-state index contributed by atoms with van der Waals surface area (Å²) in [6.07, 6.45) is 3.65. The molecule has 0 radical (unpaired) electrons. The number of hydrogen-bond donors (Lipinski definition) is 3. The van der Waals surface area contributed by atoms with E-state index >= 15 is 0 Å². The van der Waals surface area contributed by atoms with Gasteiger partial charge in [0.25, 0.3) is 0 Å². The topological polar surface area (TPSA) is 104 Å². The van der Waals surface area contributed by atoms with Crippen molar-refractivity contribution >= 4 is 34.2 Å². The lowest BCUT2D eigenvalue weighted by Crippen LogP contribution is -2.21. The number of urea groups is 1. The summed E-state index contributed by atoms with van der Waals surface area (Å²) in [7, 11) is 0. The molecule has 0 saturated heterocycles. The van der Waals surface area contributed by atoms with Crippen molar-refractivity contribution in [3.63, 3.8) is 0 Å². The number of carboxylic acids is 1. The maximum atomic E-state index is 11.9. The van der Waals surface area contributed by atoms with Crippen LogP contribution in [0.4, 0.5) is 15.6 Å². The Morgan fingerprint density at radius 2 is 2.14 bits per heavy atom. The number of thiazole rings is 1. The maximum absolute atomic E-state index is 11.9. The lowest BCUT2D eigenvalue weighted by molar-refractivity contribution is 0.0692. The van der Waals surface area contributed by atoms with Gasteiger partial charge in [-0.25, -0.2) is 19.6 Å². The van der Waals surface area contributed by atoms with Crippen LogP contribution in [0, 0.1) is 0 Å². The first-order valence-corrected chi connectivity index (χ1v) is 7.23. The normalized spacial score (nSPS) is 13.7. The van der Waals surface area contributed by atoms with Gasteiger partial charge in [0.2, 0.25) is 0 Å². The van der Waals surface area contributed by atoms with E-state index in [4.69, 9.17) is 5.11 Å². The molecule has 7 nitrogen and oxygen atoms in total. The minimum Gasteiger partial charge on any atom is -0.476 e. The number of nitrogens with zero attached hydrogens (tertiary/aromatic N) is 2. The molecule has 0 spiro atoms. The summed E-state index contributed by atoms with van der Waals surface area (Å²) < 4.78 is 0. The van der Waals surface area contributed by atoms with Crippen LogP contribution in [0.5, 0.6) is 0 Å². The van der Waals surface area contributed by atoms with Crippen LogP contribution in [0.15, 0.2) is 23.7 Å². The molecule has 0 atom stereocenters. The second-order valence-electron chi connectivity index (χ2n) is 4.64. The van der Waals surface area contributed by atoms with Crippen molar-refractivity contribution in [1.29, 1.82) is 0 Å². The molecule has 2 heterocycles. The third-order valence-corrected chi connectivity index (χ3v) is 3.77. The van der Waals surface area contributed by atoms with Crippen molar-refractivity contribution in [2.45, 2.75) is 18.8 Å². The number of carbonyl (C=O) groups excluding carboxylic acids is 1. The summed E-state index contributed by atoms with van der Waals surface area (Å²) in [6, 6.07) is 2.49. The van der Waals surface area contributed by atoms with Crippen molar-refractivity contribution in [2.75, 3.05) is 10.6 Å². The first-order chi connectivity index (χ1) is 10.1. The highest BCUT2D eigenvalue weighted by molar-refractivity contribution is 7.14. The molecule has 1 saturated carbocycles. The number of hydrogen-bond acceptors (Lipinski definition) is 5. The van der Waals surface area contributed by atoms with E-state index in [1.54, 1.807) is 6.07 Å². The van der Waals surface area contributed by atoms with Crippen molar-refractivity contribution in [2.24, 2.45) is 0 Å². The lowest BCUT2D eigenvalue weighted by Gasteiger charge is -2.07. The highest BCUT2D eigenvalue weighted by Gasteiger charge is 2.26. The van der Waals surface area contributed by atoms with Crippen LogP contribution >= 0.6 is 11.3 Å². The molecule has 3 rings (SSSR count). The Morgan fingerprint density at radius 1 is 1.33 bits per heavy atom. The van der Waals surface area contributed by atoms with Crippen LogP contribution in [0.3, 0.4) is 0 Å². The number of anilines is 2. The Hall–Kier alpha value is -2.48. The molecule has 1 aliphatic rings. The fraction of sp³-hybridized carbons (Fsp3) is 0.231. The predicted molar refractivity (Wildman–Crippen MR) is 77.9 cm³/mol. The van der Waals surface area contributed by atoms with Crippen molar-refractivity contribution < 1.29 is 14.7 Å². The largest absolute Gasteiger partial charge is 0.476 e. The van der Waals surface area contributed by atoms with Gasteiger partial charge < -0.3 is 10.4 Å². The highest BCUT2D eigenvalue weighted by atomic mass is 32.1. The molecule has 1 fully saturated rings. The van der Waals surface area contributed by atoms with Crippen molar-refractivity contribution in [1.82, 2.24) is 9.97 Å².